The van der Waals surface area contributed by atoms with Crippen molar-refractivity contribution in [3.05, 3.63) is 0 Å². The van der Waals surface area contributed by atoms with E-state index in [-0.39, 0.29) is 24.0 Å². The Morgan fingerprint density at radius 3 is 2.40 bits per heavy atom. The molecule has 0 aromatic heterocycles. The van der Waals surface area contributed by atoms with Gasteiger partial charge in [0.2, 0.25) is 5.91 Å². The number of aliphatic hydroxyl groups excluding tert-OH is 1. The second kappa shape index (κ2) is 4.49. The van der Waals surface area contributed by atoms with Crippen LogP contribution in [-0.4, -0.2) is 41.1 Å². The van der Waals surface area contributed by atoms with Crippen molar-refractivity contribution in [2.45, 2.75) is 44.2 Å². The molecule has 0 aromatic carbocycles. The van der Waals surface area contributed by atoms with Gasteiger partial charge >= 0.3 is 0 Å². The van der Waals surface area contributed by atoms with E-state index in [9.17, 15) is 9.90 Å². The fourth-order valence-corrected chi connectivity index (χ4v) is 2.62. The Hall–Kier alpha value is -0.610. The molecule has 15 heavy (non-hydrogen) atoms. The van der Waals surface area contributed by atoms with Crippen molar-refractivity contribution in [3.63, 3.8) is 0 Å². The predicted molar refractivity (Wildman–Crippen MR) is 57.1 cm³/mol. The highest BCUT2D eigenvalue weighted by molar-refractivity contribution is 5.80. The molecule has 1 aliphatic carbocycles. The van der Waals surface area contributed by atoms with E-state index in [1.807, 2.05) is 4.90 Å². The molecular weight excluding hydrogens is 192 g/mol. The maximum Gasteiger partial charge on any atom is 0.227 e. The summed E-state index contributed by atoms with van der Waals surface area (Å²) in [5.41, 5.74) is 5.92. The Bertz CT molecular complexity index is 237. The van der Waals surface area contributed by atoms with Crippen LogP contribution in [0.3, 0.4) is 0 Å². The molecule has 2 rings (SSSR count). The molecule has 0 radical (unpaired) electrons. The number of piperidine rings is 1. The molecular formula is C11H20N2O2. The number of aliphatic hydroxyl groups is 1. The number of hydrogen-bond acceptors (Lipinski definition) is 3. The lowest BCUT2D eigenvalue weighted by atomic mass is 10.00. The summed E-state index contributed by atoms with van der Waals surface area (Å²) in [6.07, 6.45) is 4.22. The van der Waals surface area contributed by atoms with Crippen LogP contribution in [0.15, 0.2) is 0 Å². The van der Waals surface area contributed by atoms with Crippen LogP contribution in [0.25, 0.3) is 0 Å². The minimum Gasteiger partial charge on any atom is -0.393 e. The SMILES string of the molecule is NC1CCCC1C(=O)N1CCC(O)CC1. The van der Waals surface area contributed by atoms with E-state index < -0.39 is 0 Å². The van der Waals surface area contributed by atoms with Crippen LogP contribution in [0.2, 0.25) is 0 Å². The van der Waals surface area contributed by atoms with E-state index in [0.717, 1.165) is 19.3 Å². The molecule has 1 amide bonds. The summed E-state index contributed by atoms with van der Waals surface area (Å²) in [7, 11) is 0. The van der Waals surface area contributed by atoms with Crippen molar-refractivity contribution in [2.75, 3.05) is 13.1 Å². The lowest BCUT2D eigenvalue weighted by Crippen LogP contribution is -2.46. The molecule has 2 aliphatic rings. The maximum atomic E-state index is 12.1. The summed E-state index contributed by atoms with van der Waals surface area (Å²) in [6.45, 7) is 1.40. The minimum atomic E-state index is -0.216. The first-order valence-electron chi connectivity index (χ1n) is 5.91. The van der Waals surface area contributed by atoms with E-state index in [0.29, 0.717) is 25.9 Å². The maximum absolute atomic E-state index is 12.1. The van der Waals surface area contributed by atoms with E-state index >= 15 is 0 Å². The number of nitrogens with zero attached hydrogens (tertiary/aromatic N) is 1. The Morgan fingerprint density at radius 1 is 1.20 bits per heavy atom. The lowest BCUT2D eigenvalue weighted by Gasteiger charge is -2.32. The molecule has 2 fully saturated rings. The quantitative estimate of drug-likeness (QED) is 0.647. The van der Waals surface area contributed by atoms with Gasteiger partial charge in [0.05, 0.1) is 12.0 Å². The van der Waals surface area contributed by atoms with Crippen molar-refractivity contribution < 1.29 is 9.90 Å². The number of rotatable bonds is 1. The molecule has 1 aliphatic heterocycles. The van der Waals surface area contributed by atoms with Gasteiger partial charge in [-0.1, -0.05) is 6.42 Å². The van der Waals surface area contributed by atoms with Gasteiger partial charge in [0, 0.05) is 19.1 Å². The lowest BCUT2D eigenvalue weighted by molar-refractivity contribution is -0.137. The third kappa shape index (κ3) is 2.32. The van der Waals surface area contributed by atoms with Crippen molar-refractivity contribution in [1.82, 2.24) is 4.90 Å². The third-order valence-electron chi connectivity index (χ3n) is 3.66. The average Bonchev–Trinajstić information content (AvgIpc) is 2.65. The summed E-state index contributed by atoms with van der Waals surface area (Å²) in [5, 5.41) is 9.36. The van der Waals surface area contributed by atoms with Crippen LogP contribution in [0.4, 0.5) is 0 Å². The zero-order valence-electron chi connectivity index (χ0n) is 9.06. The highest BCUT2D eigenvalue weighted by Crippen LogP contribution is 2.26. The van der Waals surface area contributed by atoms with Crippen LogP contribution in [-0.2, 0) is 4.79 Å². The summed E-state index contributed by atoms with van der Waals surface area (Å²) >= 11 is 0. The standard InChI is InChI=1S/C11H20N2O2/c12-10-3-1-2-9(10)11(15)13-6-4-8(14)5-7-13/h8-10,14H,1-7,12H2. The Balaban J connectivity index is 1.90. The highest BCUT2D eigenvalue weighted by atomic mass is 16.3. The van der Waals surface area contributed by atoms with Crippen LogP contribution in [0.5, 0.6) is 0 Å². The third-order valence-corrected chi connectivity index (χ3v) is 3.66. The first-order valence-corrected chi connectivity index (χ1v) is 5.91. The minimum absolute atomic E-state index is 0.0419. The number of nitrogens with two attached hydrogens (primary N) is 1. The zero-order chi connectivity index (χ0) is 10.8. The van der Waals surface area contributed by atoms with Gasteiger partial charge in [0.15, 0.2) is 0 Å². The van der Waals surface area contributed by atoms with E-state index in [2.05, 4.69) is 0 Å². The van der Waals surface area contributed by atoms with Crippen molar-refractivity contribution in [3.8, 4) is 0 Å². The van der Waals surface area contributed by atoms with Crippen molar-refractivity contribution in [2.24, 2.45) is 11.7 Å². The average molecular weight is 212 g/mol. The number of carbonyl (C=O) groups excluding carboxylic acids is 1. The van der Waals surface area contributed by atoms with Crippen molar-refractivity contribution >= 4 is 5.91 Å². The molecule has 1 saturated carbocycles. The predicted octanol–water partition coefficient (Wildman–Crippen LogP) is 0.0971. The normalized spacial score (nSPS) is 33.3. The Kier molecular flexibility index (Phi) is 3.26. The van der Waals surface area contributed by atoms with Gasteiger partial charge in [0.25, 0.3) is 0 Å². The van der Waals surface area contributed by atoms with E-state index in [4.69, 9.17) is 5.73 Å². The molecule has 1 saturated heterocycles. The number of carbonyl (C=O) groups is 1. The summed E-state index contributed by atoms with van der Waals surface area (Å²) in [6, 6.07) is 0.0596. The molecule has 0 aromatic rings. The second-order valence-corrected chi connectivity index (χ2v) is 4.76. The molecule has 0 spiro atoms. The van der Waals surface area contributed by atoms with E-state index in [1.165, 1.54) is 0 Å². The molecule has 0 bridgehead atoms. The van der Waals surface area contributed by atoms with Crippen LogP contribution in [0, 0.1) is 5.92 Å². The van der Waals surface area contributed by atoms with Crippen LogP contribution >= 0.6 is 0 Å². The smallest absolute Gasteiger partial charge is 0.227 e. The second-order valence-electron chi connectivity index (χ2n) is 4.76. The van der Waals surface area contributed by atoms with Gasteiger partial charge in [-0.2, -0.15) is 0 Å². The first-order chi connectivity index (χ1) is 7.18. The number of hydrogen-bond donors (Lipinski definition) is 2. The zero-order valence-corrected chi connectivity index (χ0v) is 9.06. The largest absolute Gasteiger partial charge is 0.393 e. The molecule has 4 heteroatoms. The van der Waals surface area contributed by atoms with Gasteiger partial charge < -0.3 is 15.7 Å². The van der Waals surface area contributed by atoms with Gasteiger partial charge in [0.1, 0.15) is 0 Å². The Labute approximate surface area is 90.4 Å². The molecule has 86 valence electrons. The van der Waals surface area contributed by atoms with Crippen LogP contribution in [0.1, 0.15) is 32.1 Å². The summed E-state index contributed by atoms with van der Waals surface area (Å²) in [5.74, 6) is 0.257. The van der Waals surface area contributed by atoms with Gasteiger partial charge in [-0.3, -0.25) is 4.79 Å². The molecule has 4 nitrogen and oxygen atoms in total. The fraction of sp³-hybridized carbons (Fsp3) is 0.909. The molecule has 2 atom stereocenters. The van der Waals surface area contributed by atoms with E-state index in [1.54, 1.807) is 0 Å². The monoisotopic (exact) mass is 212 g/mol. The van der Waals surface area contributed by atoms with Gasteiger partial charge in [-0.25, -0.2) is 0 Å². The summed E-state index contributed by atoms with van der Waals surface area (Å²) < 4.78 is 0. The van der Waals surface area contributed by atoms with Crippen molar-refractivity contribution in [1.29, 1.82) is 0 Å². The Morgan fingerprint density at radius 2 is 1.87 bits per heavy atom. The summed E-state index contributed by atoms with van der Waals surface area (Å²) in [4.78, 5) is 14.0. The number of amides is 1. The highest BCUT2D eigenvalue weighted by Gasteiger charge is 2.34. The number of likely N-dealkylation sites (tertiary alicyclic amines) is 1. The molecule has 1 heterocycles. The molecule has 3 N–H and O–H groups in total. The topological polar surface area (TPSA) is 66.6 Å². The fourth-order valence-electron chi connectivity index (χ4n) is 2.62. The van der Waals surface area contributed by atoms with Crippen LogP contribution < -0.4 is 5.73 Å². The molecule has 2 unspecified atom stereocenters. The first kappa shape index (κ1) is 10.9. The van der Waals surface area contributed by atoms with Gasteiger partial charge in [-0.15, -0.1) is 0 Å². The van der Waals surface area contributed by atoms with Gasteiger partial charge in [-0.05, 0) is 25.7 Å².